The maximum atomic E-state index is 12.5. The summed E-state index contributed by atoms with van der Waals surface area (Å²) in [5, 5.41) is 0. The van der Waals surface area contributed by atoms with Crippen molar-refractivity contribution >= 4 is 17.1 Å². The van der Waals surface area contributed by atoms with Crippen LogP contribution in [0.2, 0.25) is 0 Å². The van der Waals surface area contributed by atoms with Gasteiger partial charge >= 0.3 is 11.7 Å². The quantitative estimate of drug-likeness (QED) is 0.624. The van der Waals surface area contributed by atoms with Crippen LogP contribution in [0.4, 0.5) is 0 Å². The fourth-order valence-electron chi connectivity index (χ4n) is 2.96. The van der Waals surface area contributed by atoms with Gasteiger partial charge in [0.25, 0.3) is 5.56 Å². The minimum atomic E-state index is -0.779. The number of aryl methyl sites for hydroxylation is 1. The van der Waals surface area contributed by atoms with Crippen LogP contribution in [-0.4, -0.2) is 31.3 Å². The Labute approximate surface area is 155 Å². The molecule has 0 bridgehead atoms. The van der Waals surface area contributed by atoms with E-state index in [1.54, 1.807) is 11.6 Å². The van der Waals surface area contributed by atoms with Crippen LogP contribution in [-0.2, 0) is 35.6 Å². The molecule has 0 spiro atoms. The molecule has 0 amide bonds. The molecule has 0 saturated carbocycles. The van der Waals surface area contributed by atoms with Crippen molar-refractivity contribution in [3.05, 3.63) is 63.1 Å². The molecule has 0 saturated heterocycles. The average molecular weight is 370 g/mol. The Morgan fingerprint density at radius 2 is 1.78 bits per heavy atom. The number of rotatable bonds is 5. The highest BCUT2D eigenvalue weighted by Gasteiger charge is 2.31. The number of carbonyl (C=O) groups excluding carboxylic acids is 1. The third-order valence-electron chi connectivity index (χ3n) is 4.79. The van der Waals surface area contributed by atoms with Crippen LogP contribution >= 0.6 is 0 Å². The summed E-state index contributed by atoms with van der Waals surface area (Å²) in [5.74, 6) is -0.349. The zero-order valence-corrected chi connectivity index (χ0v) is 15.8. The number of imidazole rings is 1. The van der Waals surface area contributed by atoms with Gasteiger partial charge in [0.1, 0.15) is 6.61 Å². The van der Waals surface area contributed by atoms with Crippen LogP contribution in [0.5, 0.6) is 0 Å². The van der Waals surface area contributed by atoms with E-state index in [1.807, 2.05) is 44.2 Å². The molecule has 2 heterocycles. The lowest BCUT2D eigenvalue weighted by molar-refractivity contribution is -0.149. The lowest BCUT2D eigenvalue weighted by atomic mass is 9.85. The second-order valence-corrected chi connectivity index (χ2v) is 6.94. The smallest absolute Gasteiger partial charge is 0.332 e. The van der Waals surface area contributed by atoms with Crippen LogP contribution in [0, 0.1) is 0 Å². The van der Waals surface area contributed by atoms with Crippen LogP contribution in [0.1, 0.15) is 19.4 Å². The molecule has 0 fully saturated rings. The van der Waals surface area contributed by atoms with Gasteiger partial charge in [0.05, 0.1) is 18.3 Å². The Balaban J connectivity index is 1.78. The molecule has 0 unspecified atom stereocenters. The number of ether oxygens (including phenoxy) is 1. The number of carbonyl (C=O) groups is 1. The number of hydrogen-bond acceptors (Lipinski definition) is 5. The van der Waals surface area contributed by atoms with Crippen molar-refractivity contribution in [2.75, 3.05) is 6.61 Å². The fourth-order valence-corrected chi connectivity index (χ4v) is 2.96. The largest absolute Gasteiger partial charge is 0.463 e. The molecule has 0 radical (unpaired) electrons. The average Bonchev–Trinajstić information content (AvgIpc) is 3.09. The van der Waals surface area contributed by atoms with Crippen molar-refractivity contribution < 1.29 is 9.53 Å². The SMILES string of the molecule is Cn1c(=O)c2c(ncn2CCOC(=O)C(C)(C)c2ccccc2)n(C)c1=O. The van der Waals surface area contributed by atoms with E-state index >= 15 is 0 Å². The first-order valence-electron chi connectivity index (χ1n) is 8.58. The van der Waals surface area contributed by atoms with E-state index in [2.05, 4.69) is 4.98 Å². The Morgan fingerprint density at radius 1 is 1.11 bits per heavy atom. The number of hydrogen-bond donors (Lipinski definition) is 0. The molecule has 1 aromatic carbocycles. The first-order chi connectivity index (χ1) is 12.7. The molecular formula is C19H22N4O4. The predicted molar refractivity (Wildman–Crippen MR) is 101 cm³/mol. The number of esters is 1. The van der Waals surface area contributed by atoms with E-state index in [-0.39, 0.29) is 19.1 Å². The standard InChI is InChI=1S/C19H22N4O4/c1-19(2,13-8-6-5-7-9-13)17(25)27-11-10-23-12-20-15-14(23)16(24)22(4)18(26)21(15)3/h5-9,12H,10-11H2,1-4H3. The fraction of sp³-hybridized carbons (Fsp3) is 0.368. The van der Waals surface area contributed by atoms with Crippen molar-refractivity contribution in [1.29, 1.82) is 0 Å². The first-order valence-corrected chi connectivity index (χ1v) is 8.58. The number of aromatic nitrogens is 4. The van der Waals surface area contributed by atoms with E-state index in [0.717, 1.165) is 10.1 Å². The highest BCUT2D eigenvalue weighted by atomic mass is 16.5. The van der Waals surface area contributed by atoms with Gasteiger partial charge < -0.3 is 9.30 Å². The Kier molecular flexibility index (Phi) is 4.73. The van der Waals surface area contributed by atoms with E-state index in [1.165, 1.54) is 17.9 Å². The Hall–Kier alpha value is -3.16. The molecule has 0 atom stereocenters. The van der Waals surface area contributed by atoms with Crippen LogP contribution in [0.3, 0.4) is 0 Å². The normalized spacial score (nSPS) is 11.7. The molecule has 3 rings (SSSR count). The van der Waals surface area contributed by atoms with Gasteiger partial charge in [-0.3, -0.25) is 18.7 Å². The Bertz CT molecular complexity index is 1110. The summed E-state index contributed by atoms with van der Waals surface area (Å²) in [7, 11) is 2.98. The van der Waals surface area contributed by atoms with Gasteiger partial charge in [-0.25, -0.2) is 9.78 Å². The minimum absolute atomic E-state index is 0.0898. The summed E-state index contributed by atoms with van der Waals surface area (Å²) in [4.78, 5) is 41.0. The summed E-state index contributed by atoms with van der Waals surface area (Å²) in [5.41, 5.74) is -0.169. The zero-order chi connectivity index (χ0) is 19.8. The van der Waals surface area contributed by atoms with Crippen molar-refractivity contribution in [2.24, 2.45) is 14.1 Å². The summed E-state index contributed by atoms with van der Waals surface area (Å²) in [6.45, 7) is 3.97. The number of nitrogens with zero attached hydrogens (tertiary/aromatic N) is 4. The van der Waals surface area contributed by atoms with Gasteiger partial charge in [-0.15, -0.1) is 0 Å². The highest BCUT2D eigenvalue weighted by molar-refractivity contribution is 5.82. The maximum absolute atomic E-state index is 12.5. The van der Waals surface area contributed by atoms with Gasteiger partial charge in [-0.1, -0.05) is 30.3 Å². The first kappa shape index (κ1) is 18.6. The molecule has 8 heteroatoms. The summed E-state index contributed by atoms with van der Waals surface area (Å²) < 4.78 is 9.39. The third-order valence-corrected chi connectivity index (χ3v) is 4.79. The van der Waals surface area contributed by atoms with Crippen LogP contribution in [0.25, 0.3) is 11.2 Å². The lowest BCUT2D eigenvalue weighted by Gasteiger charge is -2.23. The molecule has 27 heavy (non-hydrogen) atoms. The highest BCUT2D eigenvalue weighted by Crippen LogP contribution is 2.24. The second-order valence-electron chi connectivity index (χ2n) is 6.94. The third kappa shape index (κ3) is 3.18. The van der Waals surface area contributed by atoms with Crippen molar-refractivity contribution in [2.45, 2.75) is 25.8 Å². The van der Waals surface area contributed by atoms with Gasteiger partial charge in [0.2, 0.25) is 0 Å². The molecule has 142 valence electrons. The molecule has 3 aromatic rings. The lowest BCUT2D eigenvalue weighted by Crippen LogP contribution is -2.37. The van der Waals surface area contributed by atoms with E-state index in [9.17, 15) is 14.4 Å². The molecule has 0 N–H and O–H groups in total. The van der Waals surface area contributed by atoms with Crippen LogP contribution in [0.15, 0.2) is 46.2 Å². The van der Waals surface area contributed by atoms with Gasteiger partial charge in [-0.2, -0.15) is 0 Å². The van der Waals surface area contributed by atoms with Gasteiger partial charge in [0.15, 0.2) is 11.2 Å². The molecular weight excluding hydrogens is 348 g/mol. The topological polar surface area (TPSA) is 88.1 Å². The van der Waals surface area contributed by atoms with E-state index in [4.69, 9.17) is 4.74 Å². The van der Waals surface area contributed by atoms with Crippen molar-refractivity contribution in [1.82, 2.24) is 18.7 Å². The van der Waals surface area contributed by atoms with Crippen molar-refractivity contribution in [3.8, 4) is 0 Å². The number of benzene rings is 1. The summed E-state index contributed by atoms with van der Waals surface area (Å²) in [6.07, 6.45) is 1.47. The van der Waals surface area contributed by atoms with Gasteiger partial charge in [-0.05, 0) is 19.4 Å². The maximum Gasteiger partial charge on any atom is 0.332 e. The van der Waals surface area contributed by atoms with Crippen molar-refractivity contribution in [3.63, 3.8) is 0 Å². The second kappa shape index (κ2) is 6.86. The summed E-state index contributed by atoms with van der Waals surface area (Å²) >= 11 is 0. The zero-order valence-electron chi connectivity index (χ0n) is 15.8. The van der Waals surface area contributed by atoms with E-state index < -0.39 is 16.7 Å². The molecule has 0 aliphatic heterocycles. The number of fused-ring (bicyclic) bond motifs is 1. The molecule has 0 aliphatic rings. The predicted octanol–water partition coefficient (Wildman–Crippen LogP) is 0.955. The molecule has 2 aromatic heterocycles. The minimum Gasteiger partial charge on any atom is -0.463 e. The van der Waals surface area contributed by atoms with Crippen LogP contribution < -0.4 is 11.2 Å². The van der Waals surface area contributed by atoms with Gasteiger partial charge in [0, 0.05) is 14.1 Å². The Morgan fingerprint density at radius 3 is 2.44 bits per heavy atom. The van der Waals surface area contributed by atoms with E-state index in [0.29, 0.717) is 11.2 Å². The molecule has 0 aliphatic carbocycles. The molecule has 8 nitrogen and oxygen atoms in total. The summed E-state index contributed by atoms with van der Waals surface area (Å²) in [6, 6.07) is 9.41. The monoisotopic (exact) mass is 370 g/mol.